The predicted octanol–water partition coefficient (Wildman–Crippen LogP) is 2.41. The second kappa shape index (κ2) is 10.7. The molecule has 0 unspecified atom stereocenters. The fourth-order valence-electron chi connectivity index (χ4n) is 3.12. The Morgan fingerprint density at radius 1 is 1.35 bits per heavy atom. The summed E-state index contributed by atoms with van der Waals surface area (Å²) < 4.78 is 11.0. The maximum Gasteiger partial charge on any atom is 0.191 e. The fraction of sp³-hybridized carbons (Fsp3) is 0.550. The molecule has 6 nitrogen and oxygen atoms in total. The molecular weight excluding hydrogens is 328 g/mol. The van der Waals surface area contributed by atoms with Crippen molar-refractivity contribution in [2.45, 2.75) is 32.4 Å². The van der Waals surface area contributed by atoms with Crippen molar-refractivity contribution in [2.24, 2.45) is 4.99 Å². The lowest BCUT2D eigenvalue weighted by Gasteiger charge is -2.32. The van der Waals surface area contributed by atoms with Crippen LogP contribution >= 0.6 is 0 Å². The Bertz CT molecular complexity index is 595. The molecule has 1 aromatic rings. The first kappa shape index (κ1) is 20.1. The minimum absolute atomic E-state index is 0.456. The van der Waals surface area contributed by atoms with Crippen LogP contribution in [0.4, 0.5) is 0 Å². The van der Waals surface area contributed by atoms with Crippen LogP contribution in [0.15, 0.2) is 35.8 Å². The van der Waals surface area contributed by atoms with Crippen molar-refractivity contribution >= 4 is 5.96 Å². The van der Waals surface area contributed by atoms with Gasteiger partial charge in [-0.2, -0.15) is 0 Å². The van der Waals surface area contributed by atoms with Crippen molar-refractivity contribution in [1.82, 2.24) is 15.5 Å². The molecule has 1 fully saturated rings. The summed E-state index contributed by atoms with van der Waals surface area (Å²) in [5, 5.41) is 6.92. The minimum Gasteiger partial charge on any atom is -0.493 e. The van der Waals surface area contributed by atoms with Gasteiger partial charge in [0, 0.05) is 39.3 Å². The molecule has 1 aliphatic rings. The van der Waals surface area contributed by atoms with Crippen LogP contribution in [-0.4, -0.2) is 57.3 Å². The van der Waals surface area contributed by atoms with Crippen LogP contribution < -0.4 is 20.1 Å². The van der Waals surface area contributed by atoms with E-state index in [2.05, 4.69) is 27.1 Å². The van der Waals surface area contributed by atoms with Gasteiger partial charge in [-0.3, -0.25) is 9.89 Å². The molecule has 0 radical (unpaired) electrons. The van der Waals surface area contributed by atoms with Gasteiger partial charge in [-0.1, -0.05) is 12.1 Å². The van der Waals surface area contributed by atoms with Crippen LogP contribution in [0.1, 0.15) is 25.3 Å². The molecule has 0 aliphatic carbocycles. The van der Waals surface area contributed by atoms with Crippen molar-refractivity contribution < 1.29 is 9.47 Å². The van der Waals surface area contributed by atoms with Gasteiger partial charge in [-0.25, -0.2) is 0 Å². The zero-order chi connectivity index (χ0) is 18.8. The number of nitrogens with zero attached hydrogens (tertiary/aromatic N) is 2. The summed E-state index contributed by atoms with van der Waals surface area (Å²) >= 11 is 0. The molecule has 1 saturated heterocycles. The van der Waals surface area contributed by atoms with Crippen LogP contribution in [0.2, 0.25) is 0 Å². The topological polar surface area (TPSA) is 58.1 Å². The Balaban J connectivity index is 1.85. The number of aliphatic imine (C=N–C) groups is 1. The Morgan fingerprint density at radius 2 is 2.12 bits per heavy atom. The van der Waals surface area contributed by atoms with Gasteiger partial charge in [-0.15, -0.1) is 6.58 Å². The van der Waals surface area contributed by atoms with E-state index in [0.717, 1.165) is 55.5 Å². The quantitative estimate of drug-likeness (QED) is 0.424. The fourth-order valence-corrected chi connectivity index (χ4v) is 3.12. The molecule has 1 aromatic carbocycles. The summed E-state index contributed by atoms with van der Waals surface area (Å²) in [5.74, 6) is 2.36. The van der Waals surface area contributed by atoms with Crippen molar-refractivity contribution in [3.63, 3.8) is 0 Å². The van der Waals surface area contributed by atoms with Crippen LogP contribution in [0.5, 0.6) is 11.5 Å². The van der Waals surface area contributed by atoms with Crippen LogP contribution in [0, 0.1) is 0 Å². The number of guanidine groups is 1. The van der Waals surface area contributed by atoms with E-state index in [-0.39, 0.29) is 0 Å². The predicted molar refractivity (Wildman–Crippen MR) is 107 cm³/mol. The van der Waals surface area contributed by atoms with Crippen molar-refractivity contribution in [2.75, 3.05) is 40.4 Å². The van der Waals surface area contributed by atoms with E-state index in [1.807, 2.05) is 38.2 Å². The van der Waals surface area contributed by atoms with Crippen molar-refractivity contribution in [1.29, 1.82) is 0 Å². The number of hydrogen-bond acceptors (Lipinski definition) is 4. The summed E-state index contributed by atoms with van der Waals surface area (Å²) in [5.41, 5.74) is 1.12. The molecule has 6 heteroatoms. The molecule has 26 heavy (non-hydrogen) atoms. The lowest BCUT2D eigenvalue weighted by atomic mass is 10.1. The minimum atomic E-state index is 0.456. The van der Waals surface area contributed by atoms with Crippen LogP contribution in [0.25, 0.3) is 0 Å². The average molecular weight is 361 g/mol. The zero-order valence-corrected chi connectivity index (χ0v) is 16.3. The molecule has 1 heterocycles. The number of nitrogens with one attached hydrogen (secondary N) is 2. The van der Waals surface area contributed by atoms with E-state index >= 15 is 0 Å². The van der Waals surface area contributed by atoms with Gasteiger partial charge in [0.1, 0.15) is 0 Å². The normalized spacial score (nSPS) is 16.2. The van der Waals surface area contributed by atoms with Gasteiger partial charge < -0.3 is 20.1 Å². The van der Waals surface area contributed by atoms with E-state index < -0.39 is 0 Å². The number of rotatable bonds is 8. The first-order valence-corrected chi connectivity index (χ1v) is 9.30. The third kappa shape index (κ3) is 5.95. The van der Waals surface area contributed by atoms with Gasteiger partial charge in [0.05, 0.1) is 13.7 Å². The highest BCUT2D eigenvalue weighted by molar-refractivity contribution is 5.80. The Morgan fingerprint density at radius 3 is 2.73 bits per heavy atom. The molecule has 0 aromatic heterocycles. The van der Waals surface area contributed by atoms with Gasteiger partial charge in [0.15, 0.2) is 17.5 Å². The van der Waals surface area contributed by atoms with Gasteiger partial charge >= 0.3 is 0 Å². The maximum atomic E-state index is 5.64. The molecule has 144 valence electrons. The van der Waals surface area contributed by atoms with E-state index in [4.69, 9.17) is 9.47 Å². The van der Waals surface area contributed by atoms with E-state index in [1.54, 1.807) is 7.11 Å². The first-order chi connectivity index (χ1) is 12.7. The lowest BCUT2D eigenvalue weighted by Crippen LogP contribution is -2.48. The SMILES string of the molecule is C=CCN1CCC(NC(=NC)NCc2ccc(OC)c(OCC)c2)CC1. The van der Waals surface area contributed by atoms with Crippen molar-refractivity contribution in [3.8, 4) is 11.5 Å². The Hall–Kier alpha value is -2.21. The maximum absolute atomic E-state index is 5.64. The van der Waals surface area contributed by atoms with Gasteiger partial charge in [0.25, 0.3) is 0 Å². The molecular formula is C20H32N4O2. The zero-order valence-electron chi connectivity index (χ0n) is 16.3. The Labute approximate surface area is 157 Å². The second-order valence-corrected chi connectivity index (χ2v) is 6.35. The first-order valence-electron chi connectivity index (χ1n) is 9.30. The molecule has 0 saturated carbocycles. The van der Waals surface area contributed by atoms with Crippen molar-refractivity contribution in [3.05, 3.63) is 36.4 Å². The van der Waals surface area contributed by atoms with Gasteiger partial charge in [0.2, 0.25) is 0 Å². The Kier molecular flexibility index (Phi) is 8.28. The monoisotopic (exact) mass is 360 g/mol. The summed E-state index contributed by atoms with van der Waals surface area (Å²) in [7, 11) is 3.46. The number of benzene rings is 1. The van der Waals surface area contributed by atoms with Gasteiger partial charge in [-0.05, 0) is 37.5 Å². The highest BCUT2D eigenvalue weighted by atomic mass is 16.5. The molecule has 0 atom stereocenters. The molecule has 0 spiro atoms. The number of methoxy groups -OCH3 is 1. The molecule has 0 bridgehead atoms. The molecule has 1 aliphatic heterocycles. The number of likely N-dealkylation sites (tertiary alicyclic amines) is 1. The average Bonchev–Trinajstić information content (AvgIpc) is 2.67. The largest absolute Gasteiger partial charge is 0.493 e. The van der Waals surface area contributed by atoms with Crippen LogP contribution in [0.3, 0.4) is 0 Å². The summed E-state index contributed by atoms with van der Waals surface area (Å²) in [6, 6.07) is 6.44. The summed E-state index contributed by atoms with van der Waals surface area (Å²) in [6.45, 7) is 10.2. The summed E-state index contributed by atoms with van der Waals surface area (Å²) in [6.07, 6.45) is 4.21. The van der Waals surface area contributed by atoms with E-state index in [1.165, 1.54) is 0 Å². The van der Waals surface area contributed by atoms with E-state index in [0.29, 0.717) is 19.2 Å². The molecule has 2 N–H and O–H groups in total. The number of ether oxygens (including phenoxy) is 2. The second-order valence-electron chi connectivity index (χ2n) is 6.35. The number of hydrogen-bond donors (Lipinski definition) is 2. The lowest BCUT2D eigenvalue weighted by molar-refractivity contribution is 0.225. The van der Waals surface area contributed by atoms with E-state index in [9.17, 15) is 0 Å². The number of piperidine rings is 1. The van der Waals surface area contributed by atoms with Crippen LogP contribution in [-0.2, 0) is 6.54 Å². The smallest absolute Gasteiger partial charge is 0.191 e. The third-order valence-electron chi connectivity index (χ3n) is 4.53. The highest BCUT2D eigenvalue weighted by Gasteiger charge is 2.19. The molecule has 0 amide bonds. The summed E-state index contributed by atoms with van der Waals surface area (Å²) in [4.78, 5) is 6.78. The third-order valence-corrected chi connectivity index (χ3v) is 4.53. The standard InChI is InChI=1S/C20H32N4O2/c1-5-11-24-12-9-17(10-13-24)23-20(21-3)22-15-16-7-8-18(25-4)19(14-16)26-6-2/h5,7-8,14,17H,1,6,9-13,15H2,2-4H3,(H2,21,22,23). The molecule has 2 rings (SSSR count). The highest BCUT2D eigenvalue weighted by Crippen LogP contribution is 2.27.